The molecule has 0 amide bonds. The van der Waals surface area contributed by atoms with Gasteiger partial charge in [0, 0.05) is 17.0 Å². The largest absolute Gasteiger partial charge is 0.487 e. The standard InChI is InChI=1S/C28H21I2N3O6S2/c1-3-38-27(35)23-15(2)31-28-32(24(23)21-5-4-10-40-21)26(34)22(41-28)13-17-11-19(29)25(20(30)12-17)39-14-16-6-8-18(9-7-16)33(36)37/h4-13,24H,3,14H2,1-2H3/b22-13-/t24-/m0/s1. The summed E-state index contributed by atoms with van der Waals surface area (Å²) in [5.74, 6) is 0.213. The third-order valence-electron chi connectivity index (χ3n) is 6.18. The number of rotatable bonds is 8. The summed E-state index contributed by atoms with van der Waals surface area (Å²) in [5.41, 5.74) is 2.33. The summed E-state index contributed by atoms with van der Waals surface area (Å²) in [7, 11) is 0. The number of non-ortho nitro benzene ring substituents is 1. The highest BCUT2D eigenvalue weighted by Crippen LogP contribution is 2.33. The van der Waals surface area contributed by atoms with Crippen LogP contribution in [-0.4, -0.2) is 22.1 Å². The number of hydrogen-bond donors (Lipinski definition) is 0. The molecule has 0 saturated carbocycles. The van der Waals surface area contributed by atoms with Crippen LogP contribution >= 0.6 is 67.9 Å². The lowest BCUT2D eigenvalue weighted by Crippen LogP contribution is -2.39. The molecule has 0 spiro atoms. The molecular formula is C28H21I2N3O6S2. The molecule has 1 aliphatic rings. The van der Waals surface area contributed by atoms with Gasteiger partial charge in [-0.3, -0.25) is 19.5 Å². The Bertz CT molecular complexity index is 1840. The molecule has 9 nitrogen and oxygen atoms in total. The molecule has 13 heteroatoms. The van der Waals surface area contributed by atoms with E-state index >= 15 is 0 Å². The maximum absolute atomic E-state index is 13.8. The number of benzene rings is 2. The van der Waals surface area contributed by atoms with Crippen molar-refractivity contribution in [1.82, 2.24) is 4.57 Å². The van der Waals surface area contributed by atoms with Crippen LogP contribution in [0.3, 0.4) is 0 Å². The lowest BCUT2D eigenvalue weighted by molar-refractivity contribution is -0.384. The molecule has 5 rings (SSSR count). The molecule has 1 atom stereocenters. The van der Waals surface area contributed by atoms with E-state index in [4.69, 9.17) is 9.47 Å². The monoisotopic (exact) mass is 813 g/mol. The maximum Gasteiger partial charge on any atom is 0.338 e. The Morgan fingerprint density at radius 2 is 1.90 bits per heavy atom. The molecule has 0 unspecified atom stereocenters. The number of carbonyl (C=O) groups excluding carboxylic acids is 1. The van der Waals surface area contributed by atoms with E-state index in [2.05, 4.69) is 50.2 Å². The normalized spacial score (nSPS) is 14.9. The highest BCUT2D eigenvalue weighted by atomic mass is 127. The quantitative estimate of drug-likeness (QED) is 0.0998. The number of carbonyl (C=O) groups is 1. The van der Waals surface area contributed by atoms with E-state index in [1.54, 1.807) is 30.5 Å². The van der Waals surface area contributed by atoms with Crippen LogP contribution in [0.4, 0.5) is 5.69 Å². The van der Waals surface area contributed by atoms with E-state index in [1.165, 1.54) is 34.8 Å². The first kappa shape index (κ1) is 29.6. The highest BCUT2D eigenvalue weighted by Gasteiger charge is 2.33. The summed E-state index contributed by atoms with van der Waals surface area (Å²) < 4.78 is 15.2. The van der Waals surface area contributed by atoms with Crippen molar-refractivity contribution < 1.29 is 19.2 Å². The van der Waals surface area contributed by atoms with Crippen molar-refractivity contribution in [3.8, 4) is 5.75 Å². The number of fused-ring (bicyclic) bond motifs is 1. The van der Waals surface area contributed by atoms with E-state index in [9.17, 15) is 19.7 Å². The second-order valence-electron chi connectivity index (χ2n) is 8.84. The second kappa shape index (κ2) is 12.5. The van der Waals surface area contributed by atoms with Gasteiger partial charge in [-0.25, -0.2) is 9.79 Å². The predicted octanol–water partition coefficient (Wildman–Crippen LogP) is 5.56. The van der Waals surface area contributed by atoms with Gasteiger partial charge in [-0.15, -0.1) is 11.3 Å². The molecule has 0 saturated heterocycles. The van der Waals surface area contributed by atoms with Gasteiger partial charge in [-0.2, -0.15) is 0 Å². The SMILES string of the molecule is CCOC(=O)C1=C(C)N=c2s/c(=C\c3cc(I)c(OCc4ccc([N+](=O)[O-])cc4)c(I)c3)c(=O)n2[C@H]1c1cccs1. The summed E-state index contributed by atoms with van der Waals surface area (Å²) in [6.45, 7) is 4.00. The summed E-state index contributed by atoms with van der Waals surface area (Å²) in [6, 6.07) is 13.3. The summed E-state index contributed by atoms with van der Waals surface area (Å²) in [6.07, 6.45) is 1.82. The van der Waals surface area contributed by atoms with Crippen LogP contribution < -0.4 is 19.6 Å². The molecule has 0 N–H and O–H groups in total. The van der Waals surface area contributed by atoms with Gasteiger partial charge in [0.05, 0.1) is 34.5 Å². The van der Waals surface area contributed by atoms with Gasteiger partial charge in [-0.1, -0.05) is 17.4 Å². The molecule has 210 valence electrons. The van der Waals surface area contributed by atoms with Crippen molar-refractivity contribution >= 4 is 85.6 Å². The Balaban J connectivity index is 1.48. The number of thiazole rings is 1. The third-order valence-corrected chi connectivity index (χ3v) is 9.69. The third kappa shape index (κ3) is 6.17. The number of ether oxygens (including phenoxy) is 2. The van der Waals surface area contributed by atoms with Crippen molar-refractivity contribution in [2.75, 3.05) is 6.61 Å². The van der Waals surface area contributed by atoms with Crippen LogP contribution in [0, 0.1) is 17.3 Å². The van der Waals surface area contributed by atoms with E-state index in [-0.39, 0.29) is 24.5 Å². The Labute approximate surface area is 269 Å². The van der Waals surface area contributed by atoms with Gasteiger partial charge in [0.15, 0.2) is 4.80 Å². The molecule has 0 fully saturated rings. The van der Waals surface area contributed by atoms with E-state index in [0.29, 0.717) is 26.4 Å². The first-order valence-corrected chi connectivity index (χ1v) is 16.1. The highest BCUT2D eigenvalue weighted by molar-refractivity contribution is 14.1. The van der Waals surface area contributed by atoms with Gasteiger partial charge in [0.25, 0.3) is 11.2 Å². The minimum absolute atomic E-state index is 0.0292. The lowest BCUT2D eigenvalue weighted by atomic mass is 10.0. The van der Waals surface area contributed by atoms with Crippen molar-refractivity contribution in [2.24, 2.45) is 4.99 Å². The van der Waals surface area contributed by atoms with Crippen LogP contribution in [0.25, 0.3) is 6.08 Å². The first-order chi connectivity index (χ1) is 19.7. The molecule has 2 aromatic heterocycles. The van der Waals surface area contributed by atoms with E-state index in [0.717, 1.165) is 23.1 Å². The minimum Gasteiger partial charge on any atom is -0.487 e. The molecule has 4 aromatic rings. The molecule has 0 aliphatic carbocycles. The Kier molecular flexibility index (Phi) is 9.06. The molecule has 1 aliphatic heterocycles. The van der Waals surface area contributed by atoms with Gasteiger partial charge in [-0.05, 0) is 112 Å². The van der Waals surface area contributed by atoms with Crippen molar-refractivity contribution in [2.45, 2.75) is 26.5 Å². The molecule has 41 heavy (non-hydrogen) atoms. The first-order valence-electron chi connectivity index (χ1n) is 12.3. The van der Waals surface area contributed by atoms with Gasteiger partial charge >= 0.3 is 5.97 Å². The second-order valence-corrected chi connectivity index (χ2v) is 13.2. The van der Waals surface area contributed by atoms with E-state index < -0.39 is 16.9 Å². The summed E-state index contributed by atoms with van der Waals surface area (Å²) >= 11 is 7.14. The number of hydrogen-bond acceptors (Lipinski definition) is 9. The van der Waals surface area contributed by atoms with Crippen molar-refractivity contribution in [3.63, 3.8) is 0 Å². The molecule has 0 radical (unpaired) electrons. The number of allylic oxidation sites excluding steroid dienone is 1. The average Bonchev–Trinajstić information content (AvgIpc) is 3.56. The fourth-order valence-corrected chi connectivity index (χ4v) is 8.33. The fraction of sp³-hybridized carbons (Fsp3) is 0.179. The number of halogens is 2. The molecule has 3 heterocycles. The number of esters is 1. The van der Waals surface area contributed by atoms with Gasteiger partial charge < -0.3 is 9.47 Å². The Hall–Kier alpha value is -2.89. The van der Waals surface area contributed by atoms with Gasteiger partial charge in [0.1, 0.15) is 18.4 Å². The zero-order valence-electron chi connectivity index (χ0n) is 21.6. The molecule has 0 bridgehead atoms. The topological polar surface area (TPSA) is 113 Å². The number of thiophene rings is 1. The summed E-state index contributed by atoms with van der Waals surface area (Å²) in [4.78, 5) is 43.1. The number of nitro benzene ring substituents is 1. The fourth-order valence-electron chi connectivity index (χ4n) is 4.33. The zero-order valence-corrected chi connectivity index (χ0v) is 27.6. The number of nitrogens with zero attached hydrogens (tertiary/aromatic N) is 3. The smallest absolute Gasteiger partial charge is 0.338 e. The molecule has 2 aromatic carbocycles. The lowest BCUT2D eigenvalue weighted by Gasteiger charge is -2.23. The van der Waals surface area contributed by atoms with Crippen LogP contribution in [-0.2, 0) is 16.1 Å². The van der Waals surface area contributed by atoms with Crippen molar-refractivity contribution in [1.29, 1.82) is 0 Å². The molecular weight excluding hydrogens is 792 g/mol. The van der Waals surface area contributed by atoms with Crippen LogP contribution in [0.15, 0.2) is 75.0 Å². The minimum atomic E-state index is -0.608. The number of nitro groups is 1. The average molecular weight is 813 g/mol. The maximum atomic E-state index is 13.8. The van der Waals surface area contributed by atoms with Crippen molar-refractivity contribution in [3.05, 3.63) is 118 Å². The van der Waals surface area contributed by atoms with E-state index in [1.807, 2.05) is 35.7 Å². The Morgan fingerprint density at radius 3 is 2.51 bits per heavy atom. The van der Waals surface area contributed by atoms with Crippen LogP contribution in [0.5, 0.6) is 5.75 Å². The van der Waals surface area contributed by atoms with Crippen LogP contribution in [0.2, 0.25) is 0 Å². The Morgan fingerprint density at radius 1 is 1.20 bits per heavy atom. The van der Waals surface area contributed by atoms with Crippen LogP contribution in [0.1, 0.15) is 35.9 Å². The summed E-state index contributed by atoms with van der Waals surface area (Å²) in [5, 5.41) is 12.8. The van der Waals surface area contributed by atoms with Gasteiger partial charge in [0.2, 0.25) is 0 Å². The zero-order chi connectivity index (χ0) is 29.3. The number of aromatic nitrogens is 1. The predicted molar refractivity (Wildman–Crippen MR) is 174 cm³/mol.